The van der Waals surface area contributed by atoms with Gasteiger partial charge in [0.05, 0.1) is 39.4 Å². The maximum Gasteiger partial charge on any atom is 0.337 e. The highest BCUT2D eigenvalue weighted by Crippen LogP contribution is 2.44. The van der Waals surface area contributed by atoms with E-state index in [9.17, 15) is 9.59 Å². The number of anilines is 1. The molecule has 1 aliphatic rings. The topological polar surface area (TPSA) is 65.1 Å². The van der Waals surface area contributed by atoms with Crippen molar-refractivity contribution in [2.45, 2.75) is 12.5 Å². The Labute approximate surface area is 191 Å². The molecule has 7 heteroatoms. The van der Waals surface area contributed by atoms with Crippen molar-refractivity contribution >= 4 is 29.2 Å². The van der Waals surface area contributed by atoms with E-state index in [1.54, 1.807) is 43.4 Å². The van der Waals surface area contributed by atoms with E-state index < -0.39 is 11.9 Å². The van der Waals surface area contributed by atoms with Crippen LogP contribution in [0.4, 0.5) is 5.69 Å². The van der Waals surface area contributed by atoms with Crippen LogP contribution < -0.4 is 14.4 Å². The van der Waals surface area contributed by atoms with Gasteiger partial charge in [-0.2, -0.15) is 0 Å². The molecule has 6 nitrogen and oxygen atoms in total. The van der Waals surface area contributed by atoms with Crippen LogP contribution in [0.25, 0.3) is 0 Å². The summed E-state index contributed by atoms with van der Waals surface area (Å²) in [5.41, 5.74) is 3.36. The second-order valence-electron chi connectivity index (χ2n) is 7.32. The highest BCUT2D eigenvalue weighted by molar-refractivity contribution is 6.32. The molecule has 1 heterocycles. The van der Waals surface area contributed by atoms with Crippen molar-refractivity contribution in [1.82, 2.24) is 0 Å². The average Bonchev–Trinajstić information content (AvgIpc) is 3.10. The Morgan fingerprint density at radius 1 is 0.969 bits per heavy atom. The van der Waals surface area contributed by atoms with E-state index in [-0.39, 0.29) is 5.91 Å². The largest absolute Gasteiger partial charge is 0.497 e. The number of methoxy groups -OCH3 is 3. The maximum absolute atomic E-state index is 13.7. The van der Waals surface area contributed by atoms with Gasteiger partial charge in [-0.05, 0) is 47.5 Å². The van der Waals surface area contributed by atoms with Crippen molar-refractivity contribution < 1.29 is 23.8 Å². The first-order valence-electron chi connectivity index (χ1n) is 9.97. The molecule has 0 spiro atoms. The Morgan fingerprint density at radius 2 is 1.75 bits per heavy atom. The molecule has 164 valence electrons. The van der Waals surface area contributed by atoms with Gasteiger partial charge in [-0.15, -0.1) is 0 Å². The van der Waals surface area contributed by atoms with Gasteiger partial charge in [0.25, 0.3) is 0 Å². The number of carbonyl (C=O) groups is 2. The van der Waals surface area contributed by atoms with Crippen LogP contribution in [0.3, 0.4) is 0 Å². The zero-order chi connectivity index (χ0) is 22.8. The molecule has 0 aliphatic carbocycles. The lowest BCUT2D eigenvalue weighted by molar-refractivity contribution is -0.118. The molecule has 1 atom stereocenters. The molecule has 1 amide bonds. The van der Waals surface area contributed by atoms with Crippen LogP contribution in [-0.4, -0.2) is 33.2 Å². The van der Waals surface area contributed by atoms with E-state index in [0.29, 0.717) is 34.2 Å². The number of amides is 1. The van der Waals surface area contributed by atoms with Crippen molar-refractivity contribution in [1.29, 1.82) is 0 Å². The maximum atomic E-state index is 13.7. The number of halogens is 1. The first-order chi connectivity index (χ1) is 15.5. The molecule has 4 rings (SSSR count). The average molecular weight is 452 g/mol. The number of fused-ring (bicyclic) bond motifs is 1. The summed E-state index contributed by atoms with van der Waals surface area (Å²) in [6.45, 7) is 0.313. The second kappa shape index (κ2) is 8.93. The summed E-state index contributed by atoms with van der Waals surface area (Å²) in [4.78, 5) is 27.5. The summed E-state index contributed by atoms with van der Waals surface area (Å²) < 4.78 is 15.6. The van der Waals surface area contributed by atoms with E-state index in [0.717, 1.165) is 16.8 Å². The molecular weight excluding hydrogens is 430 g/mol. The van der Waals surface area contributed by atoms with Gasteiger partial charge in [-0.25, -0.2) is 4.79 Å². The van der Waals surface area contributed by atoms with E-state index in [1.165, 1.54) is 7.11 Å². The van der Waals surface area contributed by atoms with Crippen molar-refractivity contribution in [2.24, 2.45) is 0 Å². The van der Waals surface area contributed by atoms with Crippen LogP contribution in [0, 0.1) is 0 Å². The third-order valence-electron chi connectivity index (χ3n) is 5.60. The van der Waals surface area contributed by atoms with Crippen molar-refractivity contribution in [2.75, 3.05) is 26.2 Å². The Balaban J connectivity index is 1.77. The minimum absolute atomic E-state index is 0.131. The Kier molecular flexibility index (Phi) is 6.06. The molecular formula is C25H22ClNO5. The minimum atomic E-state index is -0.632. The fourth-order valence-electron chi connectivity index (χ4n) is 4.01. The molecule has 0 fully saturated rings. The predicted molar refractivity (Wildman–Crippen MR) is 122 cm³/mol. The minimum Gasteiger partial charge on any atom is -0.497 e. The molecule has 0 aromatic heterocycles. The lowest BCUT2D eigenvalue weighted by Gasteiger charge is -2.20. The van der Waals surface area contributed by atoms with Crippen LogP contribution >= 0.6 is 11.6 Å². The number of nitrogens with zero attached hydrogens (tertiary/aromatic N) is 1. The van der Waals surface area contributed by atoms with E-state index in [4.69, 9.17) is 25.8 Å². The number of para-hydroxylation sites is 1. The summed E-state index contributed by atoms with van der Waals surface area (Å²) in [6.07, 6.45) is 0. The van der Waals surface area contributed by atoms with Gasteiger partial charge in [0, 0.05) is 22.3 Å². The summed E-state index contributed by atoms with van der Waals surface area (Å²) in [7, 11) is 4.49. The van der Waals surface area contributed by atoms with Crippen molar-refractivity contribution in [3.05, 3.63) is 87.9 Å². The van der Waals surface area contributed by atoms with Gasteiger partial charge in [0.2, 0.25) is 5.91 Å². The number of carbonyl (C=O) groups excluding carboxylic acids is 2. The summed E-state index contributed by atoms with van der Waals surface area (Å²) >= 11 is 6.49. The summed E-state index contributed by atoms with van der Waals surface area (Å²) in [6, 6.07) is 17.9. The van der Waals surface area contributed by atoms with Crippen molar-refractivity contribution in [3.8, 4) is 11.5 Å². The quantitative estimate of drug-likeness (QED) is 0.502. The van der Waals surface area contributed by atoms with Gasteiger partial charge in [0.15, 0.2) is 0 Å². The molecule has 0 N–H and O–H groups in total. The monoisotopic (exact) mass is 451 g/mol. The zero-order valence-corrected chi connectivity index (χ0v) is 18.7. The van der Waals surface area contributed by atoms with Crippen LogP contribution in [0.2, 0.25) is 5.02 Å². The molecule has 0 radical (unpaired) electrons. The fourth-order valence-corrected chi connectivity index (χ4v) is 4.24. The van der Waals surface area contributed by atoms with Crippen LogP contribution in [0.5, 0.6) is 11.5 Å². The number of hydrogen-bond donors (Lipinski definition) is 0. The van der Waals surface area contributed by atoms with Gasteiger partial charge in [-0.3, -0.25) is 4.79 Å². The van der Waals surface area contributed by atoms with Crippen LogP contribution in [0.15, 0.2) is 60.7 Å². The highest BCUT2D eigenvalue weighted by Gasteiger charge is 2.39. The molecule has 3 aromatic carbocycles. The Hall–Kier alpha value is -3.51. The molecule has 0 saturated carbocycles. The normalized spacial score (nSPS) is 14.8. The highest BCUT2D eigenvalue weighted by atomic mass is 35.5. The number of esters is 1. The first-order valence-corrected chi connectivity index (χ1v) is 10.3. The molecule has 1 aliphatic heterocycles. The lowest BCUT2D eigenvalue weighted by Crippen LogP contribution is -2.29. The van der Waals surface area contributed by atoms with E-state index >= 15 is 0 Å². The molecule has 1 unspecified atom stereocenters. The van der Waals surface area contributed by atoms with Gasteiger partial charge in [0.1, 0.15) is 11.5 Å². The standard InChI is InChI=1S/C25H22ClNO5/c1-30-17-10-8-16(22(13-17)31-2)14-27-21-7-5-4-6-18(21)23(24(27)28)19-12-15(25(29)32-3)9-11-20(19)26/h4-13,23H,14H2,1-3H3. The zero-order valence-electron chi connectivity index (χ0n) is 17.9. The van der Waals surface area contributed by atoms with Crippen LogP contribution in [0.1, 0.15) is 33.0 Å². The number of ether oxygens (including phenoxy) is 3. The van der Waals surface area contributed by atoms with E-state index in [1.807, 2.05) is 36.4 Å². The lowest BCUT2D eigenvalue weighted by atomic mass is 9.91. The molecule has 0 saturated heterocycles. The Bertz CT molecular complexity index is 1190. The number of rotatable bonds is 6. The number of hydrogen-bond acceptors (Lipinski definition) is 5. The Morgan fingerprint density at radius 3 is 2.47 bits per heavy atom. The van der Waals surface area contributed by atoms with Crippen LogP contribution in [-0.2, 0) is 16.1 Å². The summed E-state index contributed by atoms with van der Waals surface area (Å²) in [5.74, 6) is 0.0499. The summed E-state index contributed by atoms with van der Waals surface area (Å²) in [5, 5.41) is 0.412. The van der Waals surface area contributed by atoms with Gasteiger partial charge >= 0.3 is 5.97 Å². The van der Waals surface area contributed by atoms with E-state index in [2.05, 4.69) is 0 Å². The van der Waals surface area contributed by atoms with Gasteiger partial charge < -0.3 is 19.1 Å². The second-order valence-corrected chi connectivity index (χ2v) is 7.73. The molecule has 3 aromatic rings. The fraction of sp³-hybridized carbons (Fsp3) is 0.200. The number of benzene rings is 3. The van der Waals surface area contributed by atoms with Crippen molar-refractivity contribution in [3.63, 3.8) is 0 Å². The third-order valence-corrected chi connectivity index (χ3v) is 5.95. The smallest absolute Gasteiger partial charge is 0.337 e. The first kappa shape index (κ1) is 21.7. The SMILES string of the molecule is COC(=O)c1ccc(Cl)c(C2C(=O)N(Cc3ccc(OC)cc3OC)c3ccccc32)c1. The molecule has 32 heavy (non-hydrogen) atoms. The third kappa shape index (κ3) is 3.78. The predicted octanol–water partition coefficient (Wildman–Crippen LogP) is 4.82. The van der Waals surface area contributed by atoms with Gasteiger partial charge in [-0.1, -0.05) is 29.8 Å². The molecule has 0 bridgehead atoms.